The predicted octanol–water partition coefficient (Wildman–Crippen LogP) is 2.40. The molecule has 2 aromatic rings. The van der Waals surface area contributed by atoms with Gasteiger partial charge in [0.25, 0.3) is 0 Å². The maximum Gasteiger partial charge on any atom is 0.203 e. The molecule has 3 rings (SSSR count). The first-order chi connectivity index (χ1) is 8.81. The molecule has 4 heteroatoms. The van der Waals surface area contributed by atoms with Crippen molar-refractivity contribution < 1.29 is 0 Å². The minimum Gasteiger partial charge on any atom is -0.353 e. The van der Waals surface area contributed by atoms with Crippen LogP contribution in [0.1, 0.15) is 24.1 Å². The molecule has 0 aliphatic heterocycles. The molecule has 0 atom stereocenters. The van der Waals surface area contributed by atoms with Crippen LogP contribution < -0.4 is 5.32 Å². The third-order valence-electron chi connectivity index (χ3n) is 3.20. The highest BCUT2D eigenvalue weighted by Gasteiger charge is 2.22. The van der Waals surface area contributed by atoms with Gasteiger partial charge in [0.15, 0.2) is 0 Å². The van der Waals surface area contributed by atoms with Crippen molar-refractivity contribution in [2.24, 2.45) is 0 Å². The zero-order valence-electron chi connectivity index (χ0n) is 10.6. The van der Waals surface area contributed by atoms with Crippen molar-refractivity contribution in [2.75, 3.05) is 5.32 Å². The topological polar surface area (TPSA) is 42.7 Å². The van der Waals surface area contributed by atoms with Crippen LogP contribution in [0, 0.1) is 6.92 Å². The summed E-state index contributed by atoms with van der Waals surface area (Å²) in [4.78, 5) is 8.58. The summed E-state index contributed by atoms with van der Waals surface area (Å²) >= 11 is 0. The Balaban J connectivity index is 1.67. The van der Waals surface area contributed by atoms with E-state index in [1.165, 1.54) is 18.4 Å². The van der Waals surface area contributed by atoms with Gasteiger partial charge in [-0.1, -0.05) is 0 Å². The molecule has 0 unspecified atom stereocenters. The summed E-state index contributed by atoms with van der Waals surface area (Å²) in [5.41, 5.74) is 2.39. The average molecular weight is 242 g/mol. The Morgan fingerprint density at radius 1 is 1.33 bits per heavy atom. The van der Waals surface area contributed by atoms with E-state index in [2.05, 4.69) is 38.2 Å². The third kappa shape index (κ3) is 2.70. The summed E-state index contributed by atoms with van der Waals surface area (Å²) in [5, 5.41) is 3.48. The second-order valence-electron chi connectivity index (χ2n) is 4.92. The normalized spacial score (nSPS) is 14.7. The molecule has 1 fully saturated rings. The monoisotopic (exact) mass is 242 g/mol. The summed E-state index contributed by atoms with van der Waals surface area (Å²) in [5.74, 6) is 1.02. The molecule has 0 aromatic carbocycles. The number of hydrogen-bond acceptors (Lipinski definition) is 3. The number of rotatable bonds is 5. The number of hydrogen-bond donors (Lipinski definition) is 1. The van der Waals surface area contributed by atoms with Crippen LogP contribution in [0.5, 0.6) is 0 Å². The maximum atomic E-state index is 4.54. The molecule has 18 heavy (non-hydrogen) atoms. The van der Waals surface area contributed by atoms with Gasteiger partial charge in [-0.3, -0.25) is 4.98 Å². The van der Waals surface area contributed by atoms with Crippen LogP contribution >= 0.6 is 0 Å². The second kappa shape index (κ2) is 4.80. The van der Waals surface area contributed by atoms with Crippen molar-refractivity contribution in [1.82, 2.24) is 14.5 Å². The number of pyridine rings is 1. The van der Waals surface area contributed by atoms with Crippen LogP contribution in [0.3, 0.4) is 0 Å². The van der Waals surface area contributed by atoms with Crippen molar-refractivity contribution in [3.63, 3.8) is 0 Å². The highest BCUT2D eigenvalue weighted by atomic mass is 15.2. The molecule has 94 valence electrons. The Morgan fingerprint density at radius 2 is 2.11 bits per heavy atom. The fraction of sp³-hybridized carbons (Fsp3) is 0.429. The van der Waals surface area contributed by atoms with Gasteiger partial charge in [-0.05, 0) is 43.9 Å². The van der Waals surface area contributed by atoms with Gasteiger partial charge in [-0.25, -0.2) is 4.98 Å². The Hall–Kier alpha value is -1.84. The Kier molecular flexibility index (Phi) is 3.00. The Morgan fingerprint density at radius 3 is 2.83 bits per heavy atom. The molecule has 4 nitrogen and oxygen atoms in total. The predicted molar refractivity (Wildman–Crippen MR) is 71.5 cm³/mol. The first-order valence-electron chi connectivity index (χ1n) is 6.50. The second-order valence-corrected chi connectivity index (χ2v) is 4.92. The molecule has 0 bridgehead atoms. The summed E-state index contributed by atoms with van der Waals surface area (Å²) in [6.45, 7) is 3.00. The largest absolute Gasteiger partial charge is 0.353 e. The van der Waals surface area contributed by atoms with Gasteiger partial charge >= 0.3 is 0 Å². The number of anilines is 1. The lowest BCUT2D eigenvalue weighted by atomic mass is 10.2. The lowest BCUT2D eigenvalue weighted by Crippen LogP contribution is -2.10. The van der Waals surface area contributed by atoms with Crippen LogP contribution in [-0.4, -0.2) is 20.6 Å². The van der Waals surface area contributed by atoms with E-state index in [-0.39, 0.29) is 0 Å². The van der Waals surface area contributed by atoms with E-state index in [0.717, 1.165) is 24.6 Å². The molecule has 0 saturated heterocycles. The third-order valence-corrected chi connectivity index (χ3v) is 3.20. The standard InChI is InChI=1S/C14H18N4/c1-11-10-18(14(16-11)17-13-2-3-13)9-6-12-4-7-15-8-5-12/h4-5,7-8,10,13H,2-3,6,9H2,1H3,(H,16,17). The zero-order valence-corrected chi connectivity index (χ0v) is 10.6. The summed E-state index contributed by atoms with van der Waals surface area (Å²) in [7, 11) is 0. The molecular formula is C14H18N4. The molecule has 2 heterocycles. The van der Waals surface area contributed by atoms with Crippen molar-refractivity contribution in [3.05, 3.63) is 42.0 Å². The zero-order chi connectivity index (χ0) is 12.4. The molecular weight excluding hydrogens is 224 g/mol. The van der Waals surface area contributed by atoms with E-state index in [0.29, 0.717) is 6.04 Å². The summed E-state index contributed by atoms with van der Waals surface area (Å²) in [6.07, 6.45) is 9.37. The summed E-state index contributed by atoms with van der Waals surface area (Å²) in [6, 6.07) is 4.78. The van der Waals surface area contributed by atoms with Gasteiger partial charge in [-0.2, -0.15) is 0 Å². The molecule has 0 radical (unpaired) electrons. The van der Waals surface area contributed by atoms with E-state index in [1.807, 2.05) is 19.3 Å². The van der Waals surface area contributed by atoms with Gasteiger partial charge in [0.1, 0.15) is 0 Å². The van der Waals surface area contributed by atoms with Crippen LogP contribution in [0.25, 0.3) is 0 Å². The highest BCUT2D eigenvalue weighted by molar-refractivity contribution is 5.32. The van der Waals surface area contributed by atoms with Crippen molar-refractivity contribution in [3.8, 4) is 0 Å². The molecule has 1 saturated carbocycles. The van der Waals surface area contributed by atoms with Crippen LogP contribution in [-0.2, 0) is 13.0 Å². The minimum atomic E-state index is 0.645. The maximum absolute atomic E-state index is 4.54. The first-order valence-corrected chi connectivity index (χ1v) is 6.50. The van der Waals surface area contributed by atoms with Gasteiger partial charge in [0, 0.05) is 31.2 Å². The van der Waals surface area contributed by atoms with Crippen molar-refractivity contribution in [2.45, 2.75) is 38.8 Å². The fourth-order valence-electron chi connectivity index (χ4n) is 2.04. The van der Waals surface area contributed by atoms with E-state index in [1.54, 1.807) is 0 Å². The average Bonchev–Trinajstić information content (AvgIpc) is 3.12. The van der Waals surface area contributed by atoms with Gasteiger partial charge in [0.05, 0.1) is 5.69 Å². The first kappa shape index (κ1) is 11.3. The lowest BCUT2D eigenvalue weighted by Gasteiger charge is -2.08. The molecule has 2 aromatic heterocycles. The highest BCUT2D eigenvalue weighted by Crippen LogP contribution is 2.24. The van der Waals surface area contributed by atoms with Crippen LogP contribution in [0.4, 0.5) is 5.95 Å². The minimum absolute atomic E-state index is 0.645. The molecule has 1 aliphatic carbocycles. The van der Waals surface area contributed by atoms with E-state index < -0.39 is 0 Å². The van der Waals surface area contributed by atoms with Gasteiger partial charge in [-0.15, -0.1) is 0 Å². The van der Waals surface area contributed by atoms with Crippen molar-refractivity contribution >= 4 is 5.95 Å². The lowest BCUT2D eigenvalue weighted by molar-refractivity contribution is 0.698. The molecule has 1 aliphatic rings. The number of nitrogens with one attached hydrogen (secondary N) is 1. The van der Waals surface area contributed by atoms with E-state index in [9.17, 15) is 0 Å². The SMILES string of the molecule is Cc1cn(CCc2ccncc2)c(NC2CC2)n1. The number of nitrogens with zero attached hydrogens (tertiary/aromatic N) is 3. The Labute approximate surface area is 107 Å². The van der Waals surface area contributed by atoms with Crippen LogP contribution in [0.15, 0.2) is 30.7 Å². The fourth-order valence-corrected chi connectivity index (χ4v) is 2.04. The number of imidazole rings is 1. The number of aromatic nitrogens is 3. The Bertz CT molecular complexity index is 514. The van der Waals surface area contributed by atoms with E-state index >= 15 is 0 Å². The van der Waals surface area contributed by atoms with Crippen molar-refractivity contribution in [1.29, 1.82) is 0 Å². The molecule has 0 amide bonds. The van der Waals surface area contributed by atoms with Gasteiger partial charge < -0.3 is 9.88 Å². The quantitative estimate of drug-likeness (QED) is 0.875. The van der Waals surface area contributed by atoms with E-state index in [4.69, 9.17) is 0 Å². The molecule has 1 N–H and O–H groups in total. The van der Waals surface area contributed by atoms with Crippen LogP contribution in [0.2, 0.25) is 0 Å². The smallest absolute Gasteiger partial charge is 0.203 e. The molecule has 0 spiro atoms. The summed E-state index contributed by atoms with van der Waals surface area (Å²) < 4.78 is 2.22. The van der Waals surface area contributed by atoms with Gasteiger partial charge in [0.2, 0.25) is 5.95 Å². The number of aryl methyl sites for hydroxylation is 3.